The SMILES string of the molecule is COc1cc(CO)ccc1Oc1cc(C(=O)O)cc(Cl)n1. The van der Waals surface area contributed by atoms with Crippen LogP contribution < -0.4 is 9.47 Å². The predicted octanol–water partition coefficient (Wildman–Crippen LogP) is 2.73. The van der Waals surface area contributed by atoms with Crippen molar-refractivity contribution in [1.82, 2.24) is 4.98 Å². The van der Waals surface area contributed by atoms with Gasteiger partial charge in [-0.2, -0.15) is 0 Å². The van der Waals surface area contributed by atoms with Gasteiger partial charge in [-0.3, -0.25) is 0 Å². The first-order chi connectivity index (χ1) is 10.0. The third-order valence-electron chi connectivity index (χ3n) is 2.64. The molecule has 2 rings (SSSR count). The second-order valence-electron chi connectivity index (χ2n) is 4.07. The summed E-state index contributed by atoms with van der Waals surface area (Å²) in [5.41, 5.74) is 0.625. The zero-order valence-electron chi connectivity index (χ0n) is 11.0. The van der Waals surface area contributed by atoms with Crippen LogP contribution in [0.1, 0.15) is 15.9 Å². The Morgan fingerprint density at radius 3 is 2.67 bits per heavy atom. The second kappa shape index (κ2) is 6.43. The number of carboxylic acids is 1. The predicted molar refractivity (Wildman–Crippen MR) is 75.2 cm³/mol. The van der Waals surface area contributed by atoms with Crippen LogP contribution in [0.15, 0.2) is 30.3 Å². The maximum Gasteiger partial charge on any atom is 0.335 e. The molecule has 7 heteroatoms. The third-order valence-corrected chi connectivity index (χ3v) is 2.84. The van der Waals surface area contributed by atoms with E-state index in [1.807, 2.05) is 0 Å². The molecule has 21 heavy (non-hydrogen) atoms. The number of pyridine rings is 1. The van der Waals surface area contributed by atoms with Crippen LogP contribution in [0.2, 0.25) is 5.15 Å². The van der Waals surface area contributed by atoms with E-state index in [0.29, 0.717) is 17.1 Å². The number of ether oxygens (including phenoxy) is 2. The fourth-order valence-corrected chi connectivity index (χ4v) is 1.86. The molecule has 1 aromatic heterocycles. The molecule has 0 aliphatic carbocycles. The van der Waals surface area contributed by atoms with E-state index < -0.39 is 5.97 Å². The molecule has 110 valence electrons. The van der Waals surface area contributed by atoms with Crippen molar-refractivity contribution in [2.45, 2.75) is 6.61 Å². The first-order valence-electron chi connectivity index (χ1n) is 5.90. The van der Waals surface area contributed by atoms with Crippen LogP contribution in [0.4, 0.5) is 0 Å². The Kier molecular flexibility index (Phi) is 4.62. The highest BCUT2D eigenvalue weighted by Crippen LogP contribution is 2.32. The van der Waals surface area contributed by atoms with Crippen LogP contribution in [0, 0.1) is 0 Å². The van der Waals surface area contributed by atoms with E-state index in [2.05, 4.69) is 4.98 Å². The molecule has 1 aromatic carbocycles. The first kappa shape index (κ1) is 15.1. The highest BCUT2D eigenvalue weighted by molar-refractivity contribution is 6.29. The summed E-state index contributed by atoms with van der Waals surface area (Å²) in [5, 5.41) is 18.1. The van der Waals surface area contributed by atoms with Gasteiger partial charge in [-0.15, -0.1) is 0 Å². The highest BCUT2D eigenvalue weighted by Gasteiger charge is 2.12. The van der Waals surface area contributed by atoms with Crippen molar-refractivity contribution >= 4 is 17.6 Å². The first-order valence-corrected chi connectivity index (χ1v) is 6.28. The summed E-state index contributed by atoms with van der Waals surface area (Å²) in [6, 6.07) is 7.34. The van der Waals surface area contributed by atoms with Crippen LogP contribution in [0.3, 0.4) is 0 Å². The normalized spacial score (nSPS) is 10.2. The number of carbonyl (C=O) groups is 1. The van der Waals surface area contributed by atoms with Gasteiger partial charge in [-0.1, -0.05) is 17.7 Å². The summed E-state index contributed by atoms with van der Waals surface area (Å²) in [5.74, 6) is -0.373. The maximum atomic E-state index is 11.0. The summed E-state index contributed by atoms with van der Waals surface area (Å²) in [4.78, 5) is 14.9. The summed E-state index contributed by atoms with van der Waals surface area (Å²) in [7, 11) is 1.46. The van der Waals surface area contributed by atoms with Crippen molar-refractivity contribution in [3.8, 4) is 17.4 Å². The van der Waals surface area contributed by atoms with Crippen LogP contribution in [-0.4, -0.2) is 28.3 Å². The molecule has 0 fully saturated rings. The zero-order chi connectivity index (χ0) is 15.4. The van der Waals surface area contributed by atoms with Gasteiger partial charge in [0, 0.05) is 6.07 Å². The van der Waals surface area contributed by atoms with Gasteiger partial charge < -0.3 is 19.7 Å². The van der Waals surface area contributed by atoms with E-state index in [1.54, 1.807) is 18.2 Å². The van der Waals surface area contributed by atoms with Crippen molar-refractivity contribution in [2.75, 3.05) is 7.11 Å². The maximum absolute atomic E-state index is 11.0. The lowest BCUT2D eigenvalue weighted by atomic mass is 10.2. The Balaban J connectivity index is 2.35. The Morgan fingerprint density at radius 2 is 2.05 bits per heavy atom. The minimum atomic E-state index is -1.13. The topological polar surface area (TPSA) is 88.9 Å². The molecule has 2 N–H and O–H groups in total. The third kappa shape index (κ3) is 3.62. The molecule has 0 spiro atoms. The standard InChI is InChI=1S/C14H12ClNO5/c1-20-11-4-8(7-17)2-3-10(11)21-13-6-9(14(18)19)5-12(15)16-13/h2-6,17H,7H2,1H3,(H,18,19). The average molecular weight is 310 g/mol. The molecule has 0 unspecified atom stereocenters. The average Bonchev–Trinajstić information content (AvgIpc) is 2.47. The van der Waals surface area contributed by atoms with Crippen LogP contribution in [-0.2, 0) is 6.61 Å². The van der Waals surface area contributed by atoms with E-state index in [1.165, 1.54) is 19.2 Å². The van der Waals surface area contributed by atoms with Gasteiger partial charge in [-0.05, 0) is 23.8 Å². The Labute approximate surface area is 125 Å². The van der Waals surface area contributed by atoms with Crippen molar-refractivity contribution in [3.05, 3.63) is 46.6 Å². The fraction of sp³-hybridized carbons (Fsp3) is 0.143. The molecule has 0 saturated carbocycles. The number of aliphatic hydroxyl groups excluding tert-OH is 1. The molecule has 6 nitrogen and oxygen atoms in total. The molecule has 0 amide bonds. The number of carboxylic acid groups (broad SMARTS) is 1. The number of benzene rings is 1. The molecule has 0 atom stereocenters. The Bertz CT molecular complexity index is 674. The number of halogens is 1. The van der Waals surface area contributed by atoms with Crippen LogP contribution in [0.25, 0.3) is 0 Å². The number of aromatic nitrogens is 1. The molecule has 0 radical (unpaired) electrons. The van der Waals surface area contributed by atoms with Gasteiger partial charge >= 0.3 is 5.97 Å². The minimum absolute atomic E-state index is 0.0100. The van der Waals surface area contributed by atoms with Gasteiger partial charge in [0.2, 0.25) is 5.88 Å². The number of nitrogens with zero attached hydrogens (tertiary/aromatic N) is 1. The van der Waals surface area contributed by atoms with Crippen molar-refractivity contribution in [1.29, 1.82) is 0 Å². The number of aromatic carboxylic acids is 1. The van der Waals surface area contributed by atoms with Crippen LogP contribution >= 0.6 is 11.6 Å². The molecular formula is C14H12ClNO5. The zero-order valence-corrected chi connectivity index (χ0v) is 11.8. The van der Waals surface area contributed by atoms with Crippen LogP contribution in [0.5, 0.6) is 17.4 Å². The molecule has 1 heterocycles. The molecule has 2 aromatic rings. The van der Waals surface area contributed by atoms with Gasteiger partial charge in [-0.25, -0.2) is 9.78 Å². The number of methoxy groups -OCH3 is 1. The minimum Gasteiger partial charge on any atom is -0.493 e. The second-order valence-corrected chi connectivity index (χ2v) is 4.45. The lowest BCUT2D eigenvalue weighted by Gasteiger charge is -2.11. The lowest BCUT2D eigenvalue weighted by molar-refractivity contribution is 0.0696. The molecule has 0 saturated heterocycles. The number of hydrogen-bond acceptors (Lipinski definition) is 5. The number of aliphatic hydroxyl groups is 1. The monoisotopic (exact) mass is 309 g/mol. The van der Waals surface area contributed by atoms with E-state index >= 15 is 0 Å². The Morgan fingerprint density at radius 1 is 1.29 bits per heavy atom. The summed E-state index contributed by atoms with van der Waals surface area (Å²) in [6.45, 7) is -0.130. The van der Waals surface area contributed by atoms with Gasteiger partial charge in [0.05, 0.1) is 19.3 Å². The Hall–Kier alpha value is -2.31. The van der Waals surface area contributed by atoms with E-state index in [0.717, 1.165) is 0 Å². The van der Waals surface area contributed by atoms with E-state index in [4.69, 9.17) is 31.3 Å². The fourth-order valence-electron chi connectivity index (χ4n) is 1.66. The number of hydrogen-bond donors (Lipinski definition) is 2. The van der Waals surface area contributed by atoms with Crippen molar-refractivity contribution in [2.24, 2.45) is 0 Å². The van der Waals surface area contributed by atoms with Gasteiger partial charge in [0.1, 0.15) is 5.15 Å². The molecule has 0 bridgehead atoms. The summed E-state index contributed by atoms with van der Waals surface area (Å²) in [6.07, 6.45) is 0. The van der Waals surface area contributed by atoms with Crippen molar-refractivity contribution < 1.29 is 24.5 Å². The van der Waals surface area contributed by atoms with E-state index in [9.17, 15) is 4.79 Å². The molecule has 0 aliphatic heterocycles. The highest BCUT2D eigenvalue weighted by atomic mass is 35.5. The molecule has 0 aliphatic rings. The van der Waals surface area contributed by atoms with Crippen molar-refractivity contribution in [3.63, 3.8) is 0 Å². The summed E-state index contributed by atoms with van der Waals surface area (Å²) < 4.78 is 10.7. The largest absolute Gasteiger partial charge is 0.493 e. The van der Waals surface area contributed by atoms with E-state index in [-0.39, 0.29) is 23.2 Å². The quantitative estimate of drug-likeness (QED) is 0.826. The molecular weight excluding hydrogens is 298 g/mol. The lowest BCUT2D eigenvalue weighted by Crippen LogP contribution is -1.99. The van der Waals surface area contributed by atoms with Gasteiger partial charge in [0.15, 0.2) is 11.5 Å². The van der Waals surface area contributed by atoms with Gasteiger partial charge in [0.25, 0.3) is 0 Å². The smallest absolute Gasteiger partial charge is 0.335 e. The number of rotatable bonds is 5. The summed E-state index contributed by atoms with van der Waals surface area (Å²) >= 11 is 5.76.